The number of aromatic nitrogens is 2. The molecular weight excluding hydrogens is 190 g/mol. The van der Waals surface area contributed by atoms with Gasteiger partial charge in [-0.05, 0) is 33.0 Å². The monoisotopic (exact) mass is 207 g/mol. The molecule has 0 radical (unpaired) electrons. The van der Waals surface area contributed by atoms with Crippen molar-refractivity contribution < 1.29 is 5.11 Å². The minimum Gasteiger partial charge on any atom is -0.388 e. The van der Waals surface area contributed by atoms with Gasteiger partial charge < -0.3 is 10.0 Å². The molecule has 0 bridgehead atoms. The van der Waals surface area contributed by atoms with Gasteiger partial charge in [-0.1, -0.05) is 0 Å². The summed E-state index contributed by atoms with van der Waals surface area (Å²) in [6, 6.07) is 2.03. The smallest absolute Gasteiger partial charge is 0.154 e. The van der Waals surface area contributed by atoms with Crippen LogP contribution >= 0.6 is 0 Å². The van der Waals surface area contributed by atoms with Gasteiger partial charge in [0.15, 0.2) is 5.82 Å². The van der Waals surface area contributed by atoms with E-state index in [1.54, 1.807) is 0 Å². The molecule has 15 heavy (non-hydrogen) atoms. The third kappa shape index (κ3) is 2.33. The molecule has 0 amide bonds. The van der Waals surface area contributed by atoms with Gasteiger partial charge in [0.05, 0.1) is 0 Å². The highest BCUT2D eigenvalue weighted by Gasteiger charge is 2.22. The van der Waals surface area contributed by atoms with Gasteiger partial charge in [-0.3, -0.25) is 0 Å². The molecule has 1 fully saturated rings. The standard InChI is InChI=1S/C11H17N3O/c1-8-5-10(13-11(7-15)12-8)9-3-4-14(2)6-9/h5,9,15H,3-4,6-7H2,1-2H3. The summed E-state index contributed by atoms with van der Waals surface area (Å²) < 4.78 is 0. The van der Waals surface area contributed by atoms with E-state index in [0.29, 0.717) is 11.7 Å². The number of likely N-dealkylation sites (N-methyl/N-ethyl adjacent to an activating group) is 1. The summed E-state index contributed by atoms with van der Waals surface area (Å²) in [6.07, 6.45) is 1.15. The van der Waals surface area contributed by atoms with Crippen LogP contribution in [0.1, 0.15) is 29.6 Å². The molecule has 2 rings (SSSR count). The largest absolute Gasteiger partial charge is 0.388 e. The lowest BCUT2D eigenvalue weighted by Gasteiger charge is -2.11. The molecule has 2 heterocycles. The minimum atomic E-state index is -0.0722. The third-order valence-electron chi connectivity index (χ3n) is 2.87. The quantitative estimate of drug-likeness (QED) is 0.775. The summed E-state index contributed by atoms with van der Waals surface area (Å²) in [4.78, 5) is 10.9. The lowest BCUT2D eigenvalue weighted by atomic mass is 10.0. The number of aliphatic hydroxyl groups excluding tert-OH is 1. The predicted molar refractivity (Wildman–Crippen MR) is 57.5 cm³/mol. The zero-order valence-corrected chi connectivity index (χ0v) is 9.27. The van der Waals surface area contributed by atoms with E-state index < -0.39 is 0 Å². The van der Waals surface area contributed by atoms with Crippen LogP contribution in [0.5, 0.6) is 0 Å². The van der Waals surface area contributed by atoms with Crippen LogP contribution in [0.15, 0.2) is 6.07 Å². The Hall–Kier alpha value is -1.00. The second kappa shape index (κ2) is 4.24. The van der Waals surface area contributed by atoms with E-state index in [9.17, 15) is 0 Å². The van der Waals surface area contributed by atoms with Gasteiger partial charge in [-0.25, -0.2) is 9.97 Å². The lowest BCUT2D eigenvalue weighted by molar-refractivity contribution is 0.270. The van der Waals surface area contributed by atoms with Gasteiger partial charge in [0.2, 0.25) is 0 Å². The molecule has 1 saturated heterocycles. The van der Waals surface area contributed by atoms with Gasteiger partial charge in [0.25, 0.3) is 0 Å². The highest BCUT2D eigenvalue weighted by molar-refractivity contribution is 5.16. The predicted octanol–water partition coefficient (Wildman–Crippen LogP) is 0.696. The van der Waals surface area contributed by atoms with Gasteiger partial charge in [-0.2, -0.15) is 0 Å². The first-order chi connectivity index (χ1) is 7.19. The molecule has 1 aromatic heterocycles. The van der Waals surface area contributed by atoms with Crippen molar-refractivity contribution in [3.63, 3.8) is 0 Å². The number of aryl methyl sites for hydroxylation is 1. The Morgan fingerprint density at radius 2 is 2.33 bits per heavy atom. The molecule has 1 aliphatic rings. The van der Waals surface area contributed by atoms with Crippen LogP contribution < -0.4 is 0 Å². The molecule has 4 heteroatoms. The van der Waals surface area contributed by atoms with E-state index in [2.05, 4.69) is 21.9 Å². The Morgan fingerprint density at radius 1 is 1.53 bits per heavy atom. The summed E-state index contributed by atoms with van der Waals surface area (Å²) in [6.45, 7) is 4.06. The number of hydrogen-bond donors (Lipinski definition) is 1. The minimum absolute atomic E-state index is 0.0722. The first-order valence-corrected chi connectivity index (χ1v) is 5.33. The Labute approximate surface area is 90.0 Å². The fraction of sp³-hybridized carbons (Fsp3) is 0.636. The van der Waals surface area contributed by atoms with Crippen LogP contribution in [0.2, 0.25) is 0 Å². The maximum absolute atomic E-state index is 9.05. The van der Waals surface area contributed by atoms with Crippen molar-refractivity contribution in [2.24, 2.45) is 0 Å². The van der Waals surface area contributed by atoms with Crippen LogP contribution in [0.25, 0.3) is 0 Å². The Balaban J connectivity index is 2.24. The topological polar surface area (TPSA) is 49.2 Å². The second-order valence-corrected chi connectivity index (χ2v) is 4.26. The summed E-state index contributed by atoms with van der Waals surface area (Å²) in [7, 11) is 2.13. The Morgan fingerprint density at radius 3 is 2.93 bits per heavy atom. The third-order valence-corrected chi connectivity index (χ3v) is 2.87. The van der Waals surface area contributed by atoms with Crippen LogP contribution in [0.3, 0.4) is 0 Å². The van der Waals surface area contributed by atoms with Crippen LogP contribution in [-0.4, -0.2) is 40.1 Å². The maximum Gasteiger partial charge on any atom is 0.154 e. The molecule has 4 nitrogen and oxygen atoms in total. The normalized spacial score (nSPS) is 22.2. The molecule has 0 saturated carbocycles. The summed E-state index contributed by atoms with van der Waals surface area (Å²) in [5.74, 6) is 1.04. The number of aliphatic hydroxyl groups is 1. The summed E-state index contributed by atoms with van der Waals surface area (Å²) >= 11 is 0. The highest BCUT2D eigenvalue weighted by Crippen LogP contribution is 2.24. The average molecular weight is 207 g/mol. The van der Waals surface area contributed by atoms with E-state index in [-0.39, 0.29) is 6.61 Å². The van der Waals surface area contributed by atoms with Crippen molar-refractivity contribution in [1.29, 1.82) is 0 Å². The highest BCUT2D eigenvalue weighted by atomic mass is 16.3. The summed E-state index contributed by atoms with van der Waals surface area (Å²) in [5, 5.41) is 9.05. The van der Waals surface area contributed by atoms with E-state index in [0.717, 1.165) is 30.9 Å². The molecule has 1 aromatic rings. The summed E-state index contributed by atoms with van der Waals surface area (Å²) in [5.41, 5.74) is 2.02. The van der Waals surface area contributed by atoms with Crippen molar-refractivity contribution in [3.8, 4) is 0 Å². The van der Waals surface area contributed by atoms with Crippen molar-refractivity contribution in [2.45, 2.75) is 25.9 Å². The molecule has 0 spiro atoms. The van der Waals surface area contributed by atoms with Gasteiger partial charge in [0.1, 0.15) is 6.61 Å². The zero-order valence-electron chi connectivity index (χ0n) is 9.27. The van der Waals surface area contributed by atoms with E-state index >= 15 is 0 Å². The fourth-order valence-corrected chi connectivity index (χ4v) is 2.11. The first-order valence-electron chi connectivity index (χ1n) is 5.33. The molecule has 0 aromatic carbocycles. The number of hydrogen-bond acceptors (Lipinski definition) is 4. The Kier molecular flexibility index (Phi) is 2.98. The SMILES string of the molecule is Cc1cc(C2CCN(C)C2)nc(CO)n1. The second-order valence-electron chi connectivity index (χ2n) is 4.26. The van der Waals surface area contributed by atoms with E-state index in [4.69, 9.17) is 5.11 Å². The van der Waals surface area contributed by atoms with Gasteiger partial charge in [-0.15, -0.1) is 0 Å². The van der Waals surface area contributed by atoms with Crippen molar-refractivity contribution >= 4 is 0 Å². The maximum atomic E-state index is 9.05. The zero-order chi connectivity index (χ0) is 10.8. The van der Waals surface area contributed by atoms with E-state index in [1.165, 1.54) is 0 Å². The van der Waals surface area contributed by atoms with Gasteiger partial charge in [0, 0.05) is 23.9 Å². The average Bonchev–Trinajstić information content (AvgIpc) is 2.64. The lowest BCUT2D eigenvalue weighted by Crippen LogP contribution is -2.14. The number of rotatable bonds is 2. The van der Waals surface area contributed by atoms with Crippen molar-refractivity contribution in [2.75, 3.05) is 20.1 Å². The van der Waals surface area contributed by atoms with Gasteiger partial charge >= 0.3 is 0 Å². The Bertz CT molecular complexity index is 354. The first kappa shape index (κ1) is 10.5. The molecule has 0 aliphatic carbocycles. The molecule has 1 N–H and O–H groups in total. The van der Waals surface area contributed by atoms with E-state index in [1.807, 2.05) is 13.0 Å². The van der Waals surface area contributed by atoms with Crippen molar-refractivity contribution in [1.82, 2.24) is 14.9 Å². The molecule has 82 valence electrons. The number of likely N-dealkylation sites (tertiary alicyclic amines) is 1. The molecule has 1 aliphatic heterocycles. The molecule has 1 unspecified atom stereocenters. The number of nitrogens with zero attached hydrogens (tertiary/aromatic N) is 3. The van der Waals surface area contributed by atoms with Crippen LogP contribution in [0.4, 0.5) is 0 Å². The van der Waals surface area contributed by atoms with Crippen LogP contribution in [0, 0.1) is 6.92 Å². The van der Waals surface area contributed by atoms with Crippen LogP contribution in [-0.2, 0) is 6.61 Å². The molecular formula is C11H17N3O. The molecule has 1 atom stereocenters. The fourth-order valence-electron chi connectivity index (χ4n) is 2.11. The van der Waals surface area contributed by atoms with Crippen molar-refractivity contribution in [3.05, 3.63) is 23.3 Å².